The summed E-state index contributed by atoms with van der Waals surface area (Å²) in [5.74, 6) is 0.199. The van der Waals surface area contributed by atoms with E-state index >= 15 is 0 Å². The van der Waals surface area contributed by atoms with Crippen molar-refractivity contribution in [2.45, 2.75) is 17.1 Å². The van der Waals surface area contributed by atoms with E-state index in [9.17, 15) is 21.6 Å². The van der Waals surface area contributed by atoms with Crippen molar-refractivity contribution in [2.24, 2.45) is 4.99 Å². The Kier molecular flexibility index (Phi) is 5.00. The molecular weight excluding hydrogens is 379 g/mol. The summed E-state index contributed by atoms with van der Waals surface area (Å²) in [5.41, 5.74) is 0.179. The number of nitrogens with one attached hydrogen (secondary N) is 1. The molecule has 0 saturated carbocycles. The number of halogens is 3. The van der Waals surface area contributed by atoms with Crippen LogP contribution >= 0.6 is 0 Å². The molecule has 0 fully saturated rings. The van der Waals surface area contributed by atoms with E-state index in [-0.39, 0.29) is 17.3 Å². The molecule has 1 unspecified atom stereocenters. The van der Waals surface area contributed by atoms with Crippen molar-refractivity contribution in [2.75, 3.05) is 20.6 Å². The van der Waals surface area contributed by atoms with Crippen molar-refractivity contribution in [1.29, 1.82) is 0 Å². The molecule has 1 N–H and O–H groups in total. The maximum atomic E-state index is 13.0. The lowest BCUT2D eigenvalue weighted by Crippen LogP contribution is -2.26. The molecule has 0 amide bonds. The van der Waals surface area contributed by atoms with Crippen LogP contribution in [0.1, 0.15) is 22.7 Å². The maximum absolute atomic E-state index is 13.0. The van der Waals surface area contributed by atoms with E-state index in [1.54, 1.807) is 43.3 Å². The Bertz CT molecular complexity index is 985. The second-order valence-corrected chi connectivity index (χ2v) is 8.04. The number of hydrogen-bond acceptors (Lipinski definition) is 4. The van der Waals surface area contributed by atoms with Crippen molar-refractivity contribution < 1.29 is 21.6 Å². The van der Waals surface area contributed by atoms with Gasteiger partial charge in [0.1, 0.15) is 5.84 Å². The van der Waals surface area contributed by atoms with E-state index in [1.165, 1.54) is 12.1 Å². The van der Waals surface area contributed by atoms with Crippen LogP contribution in [0, 0.1) is 0 Å². The molecule has 0 radical (unpaired) electrons. The van der Waals surface area contributed by atoms with Crippen molar-refractivity contribution in [1.82, 2.24) is 9.62 Å². The van der Waals surface area contributed by atoms with Gasteiger partial charge in [-0.25, -0.2) is 8.42 Å². The molecular formula is C18H18F3N3O2S. The summed E-state index contributed by atoms with van der Waals surface area (Å²) in [7, 11) is -0.189. The van der Waals surface area contributed by atoms with Crippen LogP contribution < -0.4 is 4.72 Å². The highest BCUT2D eigenvalue weighted by molar-refractivity contribution is 7.90. The van der Waals surface area contributed by atoms with Crippen LogP contribution in [-0.4, -0.2) is 39.8 Å². The molecule has 0 aliphatic carbocycles. The number of alkyl halides is 3. The highest BCUT2D eigenvalue weighted by atomic mass is 32.2. The first-order valence-corrected chi connectivity index (χ1v) is 9.58. The highest BCUT2D eigenvalue weighted by Gasteiger charge is 2.32. The molecule has 3 rings (SSSR count). The number of amidine groups is 1. The molecule has 5 nitrogen and oxygen atoms in total. The Balaban J connectivity index is 1.93. The molecule has 9 heteroatoms. The number of rotatable bonds is 4. The fraction of sp³-hybridized carbons (Fsp3) is 0.278. The van der Waals surface area contributed by atoms with Gasteiger partial charge in [-0.1, -0.05) is 24.3 Å². The first-order valence-electron chi connectivity index (χ1n) is 8.10. The van der Waals surface area contributed by atoms with E-state index in [0.717, 1.165) is 12.1 Å². The van der Waals surface area contributed by atoms with Gasteiger partial charge in [-0.05, 0) is 43.9 Å². The number of aliphatic imine (C=N–C) groups is 1. The lowest BCUT2D eigenvalue weighted by atomic mass is 10.0. The Hall–Kier alpha value is -2.39. The van der Waals surface area contributed by atoms with E-state index in [0.29, 0.717) is 11.1 Å². The summed E-state index contributed by atoms with van der Waals surface area (Å²) in [6, 6.07) is 11.1. The van der Waals surface area contributed by atoms with Crippen LogP contribution in [0.3, 0.4) is 0 Å². The average molecular weight is 397 g/mol. The van der Waals surface area contributed by atoms with Gasteiger partial charge in [0.25, 0.3) is 10.0 Å². The molecule has 0 bridgehead atoms. The first-order chi connectivity index (χ1) is 12.6. The lowest BCUT2D eigenvalue weighted by molar-refractivity contribution is -0.137. The van der Waals surface area contributed by atoms with Crippen LogP contribution in [0.2, 0.25) is 0 Å². The summed E-state index contributed by atoms with van der Waals surface area (Å²) in [5, 5.41) is 0. The van der Waals surface area contributed by atoms with Crippen molar-refractivity contribution in [3.8, 4) is 0 Å². The highest BCUT2D eigenvalue weighted by Crippen LogP contribution is 2.32. The summed E-state index contributed by atoms with van der Waals surface area (Å²) in [4.78, 5) is 6.24. The fourth-order valence-electron chi connectivity index (χ4n) is 2.92. The van der Waals surface area contributed by atoms with Gasteiger partial charge in [0.2, 0.25) is 0 Å². The normalized spacial score (nSPS) is 18.4. The number of benzene rings is 2. The number of hydrogen-bond donors (Lipinski definition) is 1. The third-order valence-electron chi connectivity index (χ3n) is 4.31. The van der Waals surface area contributed by atoms with Crippen LogP contribution in [0.4, 0.5) is 13.2 Å². The number of fused-ring (bicyclic) bond motifs is 1. The zero-order valence-electron chi connectivity index (χ0n) is 14.7. The first kappa shape index (κ1) is 19.4. The summed E-state index contributed by atoms with van der Waals surface area (Å²) in [6.07, 6.45) is -4.43. The zero-order valence-corrected chi connectivity index (χ0v) is 15.5. The van der Waals surface area contributed by atoms with E-state index in [1.807, 2.05) is 0 Å². The molecule has 144 valence electrons. The maximum Gasteiger partial charge on any atom is 0.416 e. The van der Waals surface area contributed by atoms with Gasteiger partial charge in [-0.3, -0.25) is 9.71 Å². The monoisotopic (exact) mass is 397 g/mol. The molecule has 27 heavy (non-hydrogen) atoms. The van der Waals surface area contributed by atoms with Gasteiger partial charge >= 0.3 is 6.18 Å². The molecule has 2 aromatic carbocycles. The Morgan fingerprint density at radius 2 is 1.81 bits per heavy atom. The summed E-state index contributed by atoms with van der Waals surface area (Å²) < 4.78 is 65.7. The molecule has 1 heterocycles. The van der Waals surface area contributed by atoms with Crippen LogP contribution in [0.25, 0.3) is 0 Å². The number of sulfonamides is 1. The molecule has 1 atom stereocenters. The molecule has 0 spiro atoms. The minimum atomic E-state index is -4.43. The van der Waals surface area contributed by atoms with Crippen LogP contribution in [0.15, 0.2) is 58.4 Å². The Morgan fingerprint density at radius 3 is 2.48 bits per heavy atom. The molecule has 2 aromatic rings. The van der Waals surface area contributed by atoms with Crippen LogP contribution in [0.5, 0.6) is 0 Å². The minimum Gasteiger partial charge on any atom is -0.301 e. The van der Waals surface area contributed by atoms with Crippen molar-refractivity contribution in [3.63, 3.8) is 0 Å². The molecule has 1 aliphatic rings. The largest absolute Gasteiger partial charge is 0.416 e. The zero-order chi connectivity index (χ0) is 19.8. The smallest absolute Gasteiger partial charge is 0.301 e. The van der Waals surface area contributed by atoms with Crippen molar-refractivity contribution in [3.05, 3.63) is 65.2 Å². The van der Waals surface area contributed by atoms with Crippen LogP contribution in [-0.2, 0) is 16.2 Å². The quantitative estimate of drug-likeness (QED) is 0.863. The topological polar surface area (TPSA) is 61.8 Å². The van der Waals surface area contributed by atoms with E-state index in [4.69, 9.17) is 0 Å². The Labute approximate surface area is 155 Å². The Morgan fingerprint density at radius 1 is 1.11 bits per heavy atom. The number of likely N-dealkylation sites (N-methyl/N-ethyl adjacent to an activating group) is 1. The van der Waals surface area contributed by atoms with E-state index < -0.39 is 27.8 Å². The number of nitrogens with zero attached hydrogens (tertiary/aromatic N) is 2. The molecule has 0 aromatic heterocycles. The summed E-state index contributed by atoms with van der Waals surface area (Å²) in [6.45, 7) is 0.0977. The van der Waals surface area contributed by atoms with Gasteiger partial charge in [-0.15, -0.1) is 0 Å². The predicted molar refractivity (Wildman–Crippen MR) is 96.0 cm³/mol. The van der Waals surface area contributed by atoms with Gasteiger partial charge in [-0.2, -0.15) is 13.2 Å². The molecule has 0 saturated heterocycles. The van der Waals surface area contributed by atoms with Gasteiger partial charge in [0.15, 0.2) is 0 Å². The SMILES string of the molecule is CN(C)C(CN=C1NS(=O)(=O)c2ccccc21)c1cccc(C(F)(F)F)c1. The third-order valence-corrected chi connectivity index (χ3v) is 5.70. The van der Waals surface area contributed by atoms with Gasteiger partial charge in [0, 0.05) is 5.56 Å². The third kappa shape index (κ3) is 3.98. The molecule has 1 aliphatic heterocycles. The van der Waals surface area contributed by atoms with E-state index in [2.05, 4.69) is 9.71 Å². The lowest BCUT2D eigenvalue weighted by Gasteiger charge is -2.24. The summed E-state index contributed by atoms with van der Waals surface area (Å²) >= 11 is 0. The van der Waals surface area contributed by atoms with Crippen molar-refractivity contribution >= 4 is 15.9 Å². The fourth-order valence-corrected chi connectivity index (χ4v) is 4.17. The average Bonchev–Trinajstić information content (AvgIpc) is 2.85. The second kappa shape index (κ2) is 6.97. The standard InChI is InChI=1S/C18H18F3N3O2S/c1-24(2)15(12-6-5-7-13(10-12)18(19,20)21)11-22-17-14-8-3-4-9-16(14)27(25,26)23-17/h3-10,15H,11H2,1-2H3,(H,22,23). The predicted octanol–water partition coefficient (Wildman–Crippen LogP) is 3.05. The second-order valence-electron chi connectivity index (χ2n) is 6.39. The van der Waals surface area contributed by atoms with Gasteiger partial charge in [0.05, 0.1) is 23.0 Å². The van der Waals surface area contributed by atoms with Gasteiger partial charge < -0.3 is 4.90 Å². The minimum absolute atomic E-state index is 0.0977.